The van der Waals surface area contributed by atoms with Gasteiger partial charge >= 0.3 is 0 Å². The number of guanidine groups is 1. The van der Waals surface area contributed by atoms with Gasteiger partial charge in [-0.3, -0.25) is 0 Å². The lowest BCUT2D eigenvalue weighted by Gasteiger charge is -2.48. The van der Waals surface area contributed by atoms with Gasteiger partial charge in [0.2, 0.25) is 0 Å². The van der Waals surface area contributed by atoms with Crippen molar-refractivity contribution >= 4 is 11.6 Å². The van der Waals surface area contributed by atoms with Crippen molar-refractivity contribution in [3.63, 3.8) is 0 Å². The van der Waals surface area contributed by atoms with Crippen LogP contribution in [0.15, 0.2) is 23.2 Å². The Morgan fingerprint density at radius 3 is 2.58 bits per heavy atom. The molecule has 0 aromatic heterocycles. The molecule has 132 valence electrons. The number of hydrogen-bond donors (Lipinski definition) is 2. The minimum atomic E-state index is -0.693. The van der Waals surface area contributed by atoms with Crippen LogP contribution in [0.5, 0.6) is 0 Å². The molecule has 1 fully saturated rings. The van der Waals surface area contributed by atoms with E-state index in [0.717, 1.165) is 12.2 Å². The van der Waals surface area contributed by atoms with Gasteiger partial charge in [0.05, 0.1) is 5.54 Å². The lowest BCUT2D eigenvalue weighted by Crippen LogP contribution is -2.54. The highest BCUT2D eigenvalue weighted by molar-refractivity contribution is 5.79. The third-order valence-electron chi connectivity index (χ3n) is 5.90. The normalized spacial score (nSPS) is 27.2. The molecule has 0 amide bonds. The smallest absolute Gasteiger partial charge is 0.191 e. The number of rotatable bonds is 3. The SMILES string of the molecule is CN1CC(C)(C)[C@@](C)(c2cc(NC3CCCC3)ccc2F)N=C1N. The molecule has 1 atom stereocenters. The van der Waals surface area contributed by atoms with Gasteiger partial charge in [0.1, 0.15) is 5.82 Å². The van der Waals surface area contributed by atoms with Crippen molar-refractivity contribution in [2.24, 2.45) is 16.1 Å². The fourth-order valence-corrected chi connectivity index (χ4v) is 4.01. The summed E-state index contributed by atoms with van der Waals surface area (Å²) in [5.74, 6) is 0.244. The van der Waals surface area contributed by atoms with Crippen LogP contribution in [0.4, 0.5) is 10.1 Å². The second kappa shape index (κ2) is 5.94. The Hall–Kier alpha value is -1.78. The standard InChI is InChI=1S/C19H29FN4/c1-18(2)12-24(4)17(21)23-19(18,3)15-11-14(9-10-16(15)20)22-13-7-5-6-8-13/h9-11,13,22H,5-8,12H2,1-4H3,(H2,21,23)/t19-/m1/s1. The number of anilines is 1. The van der Waals surface area contributed by atoms with Crippen molar-refractivity contribution in [3.05, 3.63) is 29.6 Å². The maximum Gasteiger partial charge on any atom is 0.191 e. The molecule has 0 saturated heterocycles. The Balaban J connectivity index is 2.00. The third-order valence-corrected chi connectivity index (χ3v) is 5.90. The van der Waals surface area contributed by atoms with Crippen LogP contribution in [0, 0.1) is 11.2 Å². The Labute approximate surface area is 144 Å². The van der Waals surface area contributed by atoms with E-state index in [-0.39, 0.29) is 11.2 Å². The molecule has 5 heteroatoms. The zero-order valence-corrected chi connectivity index (χ0v) is 15.2. The first-order chi connectivity index (χ1) is 11.2. The predicted octanol–water partition coefficient (Wildman–Crippen LogP) is 3.68. The molecular formula is C19H29FN4. The van der Waals surface area contributed by atoms with Gasteiger partial charge in [0.25, 0.3) is 0 Å². The lowest BCUT2D eigenvalue weighted by molar-refractivity contribution is 0.124. The summed E-state index contributed by atoms with van der Waals surface area (Å²) >= 11 is 0. The van der Waals surface area contributed by atoms with Crippen LogP contribution in [0.25, 0.3) is 0 Å². The Bertz CT molecular complexity index is 649. The summed E-state index contributed by atoms with van der Waals surface area (Å²) in [6.07, 6.45) is 4.91. The van der Waals surface area contributed by atoms with Gasteiger partial charge in [0.15, 0.2) is 5.96 Å². The molecule has 1 aromatic rings. The van der Waals surface area contributed by atoms with Gasteiger partial charge in [0, 0.05) is 36.3 Å². The van der Waals surface area contributed by atoms with E-state index < -0.39 is 5.54 Å². The van der Waals surface area contributed by atoms with Crippen molar-refractivity contribution in [3.8, 4) is 0 Å². The number of nitrogens with one attached hydrogen (secondary N) is 1. The summed E-state index contributed by atoms with van der Waals surface area (Å²) in [5.41, 5.74) is 6.73. The highest BCUT2D eigenvalue weighted by Crippen LogP contribution is 2.47. The number of nitrogens with zero attached hydrogens (tertiary/aromatic N) is 2. The molecule has 1 aromatic carbocycles. The maximum atomic E-state index is 14.7. The van der Waals surface area contributed by atoms with E-state index in [1.165, 1.54) is 25.7 Å². The van der Waals surface area contributed by atoms with Crippen LogP contribution in [0.3, 0.4) is 0 Å². The summed E-state index contributed by atoms with van der Waals surface area (Å²) in [6.45, 7) is 6.97. The van der Waals surface area contributed by atoms with Crippen LogP contribution in [-0.4, -0.2) is 30.5 Å². The van der Waals surface area contributed by atoms with Crippen LogP contribution in [0.2, 0.25) is 0 Å². The summed E-state index contributed by atoms with van der Waals surface area (Å²) in [6, 6.07) is 5.81. The number of halogens is 1. The monoisotopic (exact) mass is 332 g/mol. The fraction of sp³-hybridized carbons (Fsp3) is 0.632. The zero-order valence-electron chi connectivity index (χ0n) is 15.2. The van der Waals surface area contributed by atoms with Crippen molar-refractivity contribution in [1.29, 1.82) is 0 Å². The molecule has 1 heterocycles. The quantitative estimate of drug-likeness (QED) is 0.888. The van der Waals surface area contributed by atoms with Crippen molar-refractivity contribution in [1.82, 2.24) is 4.90 Å². The molecule has 4 nitrogen and oxygen atoms in total. The molecule has 24 heavy (non-hydrogen) atoms. The van der Waals surface area contributed by atoms with Crippen LogP contribution >= 0.6 is 0 Å². The number of hydrogen-bond acceptors (Lipinski definition) is 4. The minimum Gasteiger partial charge on any atom is -0.382 e. The molecule has 3 N–H and O–H groups in total. The Morgan fingerprint density at radius 2 is 1.92 bits per heavy atom. The average molecular weight is 332 g/mol. The maximum absolute atomic E-state index is 14.7. The molecule has 0 unspecified atom stereocenters. The molecule has 0 bridgehead atoms. The van der Waals surface area contributed by atoms with Crippen molar-refractivity contribution < 1.29 is 4.39 Å². The van der Waals surface area contributed by atoms with E-state index in [0.29, 0.717) is 17.6 Å². The van der Waals surface area contributed by atoms with Crippen LogP contribution < -0.4 is 11.1 Å². The van der Waals surface area contributed by atoms with Crippen LogP contribution in [0.1, 0.15) is 52.0 Å². The van der Waals surface area contributed by atoms with Gasteiger partial charge in [-0.15, -0.1) is 0 Å². The topological polar surface area (TPSA) is 53.6 Å². The molecule has 1 aliphatic carbocycles. The number of nitrogens with two attached hydrogens (primary N) is 1. The summed E-state index contributed by atoms with van der Waals surface area (Å²) < 4.78 is 14.7. The third kappa shape index (κ3) is 2.85. The molecule has 1 aliphatic heterocycles. The summed E-state index contributed by atoms with van der Waals surface area (Å²) in [4.78, 5) is 6.64. The molecule has 2 aliphatic rings. The van der Waals surface area contributed by atoms with Gasteiger partial charge < -0.3 is 16.0 Å². The van der Waals surface area contributed by atoms with Gasteiger partial charge in [-0.2, -0.15) is 0 Å². The first-order valence-corrected chi connectivity index (χ1v) is 8.86. The molecule has 3 rings (SSSR count). The Kier molecular flexibility index (Phi) is 4.22. The van der Waals surface area contributed by atoms with Crippen molar-refractivity contribution in [2.45, 2.75) is 58.0 Å². The second-order valence-corrected chi connectivity index (χ2v) is 8.10. The first kappa shape index (κ1) is 17.1. The number of benzene rings is 1. The summed E-state index contributed by atoms with van der Waals surface area (Å²) in [5, 5.41) is 3.56. The van der Waals surface area contributed by atoms with Gasteiger partial charge in [-0.05, 0) is 38.0 Å². The Morgan fingerprint density at radius 1 is 1.25 bits per heavy atom. The van der Waals surface area contributed by atoms with E-state index in [2.05, 4.69) is 19.2 Å². The highest BCUT2D eigenvalue weighted by Gasteiger charge is 2.48. The predicted molar refractivity (Wildman–Crippen MR) is 97.7 cm³/mol. The van der Waals surface area contributed by atoms with Crippen molar-refractivity contribution in [2.75, 3.05) is 18.9 Å². The van der Waals surface area contributed by atoms with E-state index in [9.17, 15) is 4.39 Å². The number of aliphatic imine (C=N–C) groups is 1. The minimum absolute atomic E-state index is 0.219. The molecular weight excluding hydrogens is 303 g/mol. The fourth-order valence-electron chi connectivity index (χ4n) is 4.01. The van der Waals surface area contributed by atoms with E-state index >= 15 is 0 Å². The van der Waals surface area contributed by atoms with Crippen LogP contribution in [-0.2, 0) is 5.54 Å². The van der Waals surface area contributed by atoms with Gasteiger partial charge in [-0.1, -0.05) is 26.7 Å². The zero-order chi connectivity index (χ0) is 17.5. The molecule has 1 saturated carbocycles. The lowest BCUT2D eigenvalue weighted by atomic mass is 9.68. The highest BCUT2D eigenvalue weighted by atomic mass is 19.1. The van der Waals surface area contributed by atoms with E-state index in [1.54, 1.807) is 6.07 Å². The average Bonchev–Trinajstić information content (AvgIpc) is 3.00. The van der Waals surface area contributed by atoms with E-state index in [4.69, 9.17) is 10.7 Å². The molecule has 0 spiro atoms. The first-order valence-electron chi connectivity index (χ1n) is 8.86. The second-order valence-electron chi connectivity index (χ2n) is 8.10. The van der Waals surface area contributed by atoms with E-state index in [1.807, 2.05) is 31.0 Å². The summed E-state index contributed by atoms with van der Waals surface area (Å²) in [7, 11) is 1.93. The largest absolute Gasteiger partial charge is 0.382 e. The van der Waals surface area contributed by atoms with Gasteiger partial charge in [-0.25, -0.2) is 9.38 Å². The molecule has 0 radical (unpaired) electrons.